The Hall–Kier alpha value is -3.18. The molecule has 5 atom stereocenters. The van der Waals surface area contributed by atoms with Gasteiger partial charge in [0.2, 0.25) is 0 Å². The van der Waals surface area contributed by atoms with E-state index in [9.17, 15) is 14.7 Å². The number of carbonyl (C=O) groups is 2. The van der Waals surface area contributed by atoms with E-state index < -0.39 is 18.4 Å². The molecule has 4 rings (SSSR count). The number of aliphatic hydroxyl groups is 1. The minimum Gasteiger partial charge on any atom is -0.453 e. The number of aliphatic hydroxyl groups excluding tert-OH is 1. The molecule has 10 heteroatoms. The molecule has 3 aromatic rings. The van der Waals surface area contributed by atoms with Crippen LogP contribution in [-0.2, 0) is 44.0 Å². The lowest BCUT2D eigenvalue weighted by molar-refractivity contribution is -0.268. The molecule has 1 amide bonds. The molecule has 1 fully saturated rings. The number of aromatic nitrogens is 2. The molecular weight excluding hydrogens is 518 g/mol. The molecule has 2 heterocycles. The molecule has 0 spiro atoms. The highest BCUT2D eigenvalue weighted by Gasteiger charge is 2.38. The lowest BCUT2D eigenvalue weighted by Gasteiger charge is -2.41. The number of hydrogen-bond donors (Lipinski definition) is 2. The molecule has 0 bridgehead atoms. The maximum absolute atomic E-state index is 12.2. The molecule has 0 radical (unpaired) electrons. The number of aryl methyl sites for hydroxylation is 1. The van der Waals surface area contributed by atoms with E-state index in [4.69, 9.17) is 14.2 Å². The highest BCUT2D eigenvalue weighted by molar-refractivity contribution is 7.99. The minimum absolute atomic E-state index is 0.00844. The van der Waals surface area contributed by atoms with Gasteiger partial charge in [-0.3, -0.25) is 9.59 Å². The van der Waals surface area contributed by atoms with Crippen molar-refractivity contribution in [3.8, 4) is 0 Å². The van der Waals surface area contributed by atoms with Crippen molar-refractivity contribution in [2.45, 2.75) is 63.7 Å². The molecule has 1 aliphatic rings. The Morgan fingerprint density at radius 1 is 1.10 bits per heavy atom. The van der Waals surface area contributed by atoms with Gasteiger partial charge in [-0.15, -0.1) is 0 Å². The molecule has 2 N–H and O–H groups in total. The first-order chi connectivity index (χ1) is 18.7. The number of thioether (sulfide) groups is 1. The maximum atomic E-state index is 12.2. The number of rotatable bonds is 10. The third kappa shape index (κ3) is 7.48. The Bertz CT molecular complexity index is 1250. The van der Waals surface area contributed by atoms with E-state index in [1.54, 1.807) is 18.0 Å². The van der Waals surface area contributed by atoms with Crippen molar-refractivity contribution in [2.24, 2.45) is 13.0 Å². The number of hydrogen-bond acceptors (Lipinski definition) is 8. The normalized spacial score (nSPS) is 21.8. The fourth-order valence-electron chi connectivity index (χ4n) is 4.39. The van der Waals surface area contributed by atoms with Gasteiger partial charge in [0.15, 0.2) is 17.6 Å². The molecule has 1 aromatic heterocycles. The maximum Gasteiger partial charge on any atom is 0.303 e. The number of nitrogens with zero attached hydrogens (tertiary/aromatic N) is 2. The van der Waals surface area contributed by atoms with E-state index in [0.29, 0.717) is 12.3 Å². The van der Waals surface area contributed by atoms with Crippen molar-refractivity contribution in [1.82, 2.24) is 14.9 Å². The zero-order chi connectivity index (χ0) is 27.9. The summed E-state index contributed by atoms with van der Waals surface area (Å²) in [6.45, 7) is 5.24. The molecule has 39 heavy (non-hydrogen) atoms. The first kappa shape index (κ1) is 28.8. The Morgan fingerprint density at radius 2 is 1.77 bits per heavy atom. The highest BCUT2D eigenvalue weighted by Crippen LogP contribution is 2.42. The predicted molar refractivity (Wildman–Crippen MR) is 146 cm³/mol. The predicted octanol–water partition coefficient (Wildman–Crippen LogP) is 4.06. The second-order valence-electron chi connectivity index (χ2n) is 9.66. The standard InChI is InChI=1S/C29H35N3O6S/c1-18-25(17-39-29-30-13-14-32(29)4)37-28(38-26(18)23-9-7-22(16-33)8-10-23)24-11-5-21(6-12-24)15-31-27(35)19(2)36-20(3)34/h5-14,18-19,25-26,28,33H,15-17H2,1-4H3,(H,31,35). The van der Waals surface area contributed by atoms with Crippen molar-refractivity contribution in [3.05, 3.63) is 83.2 Å². The quantitative estimate of drug-likeness (QED) is 0.286. The molecule has 5 unspecified atom stereocenters. The third-order valence-electron chi connectivity index (χ3n) is 6.71. The summed E-state index contributed by atoms with van der Waals surface area (Å²) in [5.41, 5.74) is 3.64. The van der Waals surface area contributed by atoms with Gasteiger partial charge in [-0.2, -0.15) is 0 Å². The van der Waals surface area contributed by atoms with Crippen molar-refractivity contribution >= 4 is 23.6 Å². The molecule has 0 aliphatic carbocycles. The zero-order valence-corrected chi connectivity index (χ0v) is 23.4. The van der Waals surface area contributed by atoms with Gasteiger partial charge in [-0.25, -0.2) is 4.98 Å². The summed E-state index contributed by atoms with van der Waals surface area (Å²) in [6, 6.07) is 15.5. The number of carbonyl (C=O) groups excluding carboxylic acids is 2. The van der Waals surface area contributed by atoms with E-state index in [1.807, 2.05) is 66.3 Å². The topological polar surface area (TPSA) is 112 Å². The monoisotopic (exact) mass is 553 g/mol. The van der Waals surface area contributed by atoms with Gasteiger partial charge in [0.1, 0.15) is 0 Å². The highest BCUT2D eigenvalue weighted by atomic mass is 32.2. The summed E-state index contributed by atoms with van der Waals surface area (Å²) in [5, 5.41) is 13.2. The van der Waals surface area contributed by atoms with Crippen LogP contribution in [-0.4, -0.2) is 44.5 Å². The van der Waals surface area contributed by atoms with Crippen LogP contribution in [0.25, 0.3) is 0 Å². The van der Waals surface area contributed by atoms with Crippen LogP contribution in [0.1, 0.15) is 55.4 Å². The van der Waals surface area contributed by atoms with Crippen LogP contribution in [0.5, 0.6) is 0 Å². The van der Waals surface area contributed by atoms with Crippen molar-refractivity contribution in [3.63, 3.8) is 0 Å². The second-order valence-corrected chi connectivity index (χ2v) is 10.7. The fraction of sp³-hybridized carbons (Fsp3) is 0.414. The lowest BCUT2D eigenvalue weighted by atomic mass is 9.91. The lowest BCUT2D eigenvalue weighted by Crippen LogP contribution is -2.38. The Morgan fingerprint density at radius 3 is 2.38 bits per heavy atom. The van der Waals surface area contributed by atoms with Crippen LogP contribution in [0.4, 0.5) is 0 Å². The number of esters is 1. The van der Waals surface area contributed by atoms with Gasteiger partial charge < -0.3 is 29.2 Å². The average Bonchev–Trinajstić information content (AvgIpc) is 3.35. The molecule has 9 nitrogen and oxygen atoms in total. The van der Waals surface area contributed by atoms with Gasteiger partial charge in [0, 0.05) is 50.1 Å². The Labute approximate surface area is 232 Å². The SMILES string of the molecule is CC(=O)OC(C)C(=O)NCc1ccc(C2OC(CSc3nccn3C)C(C)C(c3ccc(CO)cc3)O2)cc1. The average molecular weight is 554 g/mol. The van der Waals surface area contributed by atoms with Crippen molar-refractivity contribution in [2.75, 3.05) is 5.75 Å². The molecule has 208 valence electrons. The fourth-order valence-corrected chi connectivity index (χ4v) is 5.48. The van der Waals surface area contributed by atoms with Gasteiger partial charge >= 0.3 is 5.97 Å². The number of amides is 1. The van der Waals surface area contributed by atoms with Crippen LogP contribution >= 0.6 is 11.8 Å². The van der Waals surface area contributed by atoms with Crippen LogP contribution in [0, 0.1) is 5.92 Å². The van der Waals surface area contributed by atoms with Crippen molar-refractivity contribution in [1.29, 1.82) is 0 Å². The van der Waals surface area contributed by atoms with Gasteiger partial charge in [0.25, 0.3) is 5.91 Å². The van der Waals surface area contributed by atoms with Gasteiger partial charge in [0.05, 0.1) is 18.8 Å². The number of nitrogens with one attached hydrogen (secondary N) is 1. The van der Waals surface area contributed by atoms with Crippen LogP contribution in [0.2, 0.25) is 0 Å². The van der Waals surface area contributed by atoms with E-state index >= 15 is 0 Å². The third-order valence-corrected chi connectivity index (χ3v) is 7.85. The molecule has 1 saturated heterocycles. The largest absolute Gasteiger partial charge is 0.453 e. The molecular formula is C29H35N3O6S. The van der Waals surface area contributed by atoms with E-state index in [2.05, 4.69) is 17.2 Å². The first-order valence-corrected chi connectivity index (χ1v) is 13.9. The summed E-state index contributed by atoms with van der Waals surface area (Å²) < 4.78 is 19.9. The first-order valence-electron chi connectivity index (χ1n) is 12.9. The molecule has 2 aromatic carbocycles. The summed E-state index contributed by atoms with van der Waals surface area (Å²) in [7, 11) is 1.97. The number of ether oxygens (including phenoxy) is 3. The molecule has 0 saturated carbocycles. The molecule has 1 aliphatic heterocycles. The van der Waals surface area contributed by atoms with Crippen LogP contribution < -0.4 is 5.32 Å². The Kier molecular flexibility index (Phi) is 9.79. The van der Waals surface area contributed by atoms with Crippen molar-refractivity contribution < 1.29 is 28.9 Å². The minimum atomic E-state index is -0.850. The van der Waals surface area contributed by atoms with Gasteiger partial charge in [-0.05, 0) is 23.6 Å². The van der Waals surface area contributed by atoms with E-state index in [-0.39, 0.29) is 30.6 Å². The van der Waals surface area contributed by atoms with E-state index in [0.717, 1.165) is 27.4 Å². The van der Waals surface area contributed by atoms with Crippen LogP contribution in [0.15, 0.2) is 66.1 Å². The zero-order valence-electron chi connectivity index (χ0n) is 22.6. The second kappa shape index (κ2) is 13.3. The Balaban J connectivity index is 1.47. The summed E-state index contributed by atoms with van der Waals surface area (Å²) in [4.78, 5) is 27.7. The summed E-state index contributed by atoms with van der Waals surface area (Å²) >= 11 is 1.65. The van der Waals surface area contributed by atoms with Gasteiger partial charge in [-0.1, -0.05) is 67.2 Å². The van der Waals surface area contributed by atoms with Crippen LogP contribution in [0.3, 0.4) is 0 Å². The summed E-state index contributed by atoms with van der Waals surface area (Å²) in [5.74, 6) is -0.0713. The number of imidazole rings is 1. The smallest absolute Gasteiger partial charge is 0.303 e. The van der Waals surface area contributed by atoms with E-state index in [1.165, 1.54) is 13.8 Å². The number of benzene rings is 2. The summed E-state index contributed by atoms with van der Waals surface area (Å²) in [6.07, 6.45) is 1.97.